The number of aromatic nitrogens is 2. The Morgan fingerprint density at radius 1 is 1.33 bits per heavy atom. The van der Waals surface area contributed by atoms with Crippen molar-refractivity contribution in [1.82, 2.24) is 9.97 Å². The maximum atomic E-state index is 5.73. The van der Waals surface area contributed by atoms with Gasteiger partial charge in [0.2, 0.25) is 5.95 Å². The predicted octanol–water partition coefficient (Wildman–Crippen LogP) is 2.01. The Bertz CT molecular complexity index is 271. The third-order valence-electron chi connectivity index (χ3n) is 1.48. The number of nitrogen functional groups attached to an aromatic ring is 1. The van der Waals surface area contributed by atoms with Gasteiger partial charge in [0.25, 0.3) is 0 Å². The Hall–Kier alpha value is -0.830. The molecule has 1 aromatic rings. The molecule has 1 rings (SSSR count). The van der Waals surface area contributed by atoms with Crippen LogP contribution < -0.4 is 5.73 Å². The molecule has 0 spiro atoms. The molecule has 0 bridgehead atoms. The highest BCUT2D eigenvalue weighted by atomic mass is 35.5. The van der Waals surface area contributed by atoms with E-state index in [0.29, 0.717) is 5.15 Å². The molecule has 3 nitrogen and oxygen atoms in total. The van der Waals surface area contributed by atoms with Gasteiger partial charge in [-0.25, -0.2) is 9.97 Å². The van der Waals surface area contributed by atoms with Gasteiger partial charge >= 0.3 is 0 Å². The largest absolute Gasteiger partial charge is 0.368 e. The predicted molar refractivity (Wildman–Crippen MR) is 50.2 cm³/mol. The average Bonchev–Trinajstić information content (AvgIpc) is 1.82. The first-order chi connectivity index (χ1) is 5.39. The number of anilines is 1. The van der Waals surface area contributed by atoms with Gasteiger partial charge in [0.05, 0.1) is 5.69 Å². The molecule has 0 fully saturated rings. The standard InChI is InChI=1S/C8H12ClN3/c1-8(2,3)5-4-6(9)12-7(10)11-5/h4H,1-3H3,(H2,10,11,12). The summed E-state index contributed by atoms with van der Waals surface area (Å²) in [5.41, 5.74) is 6.27. The maximum absolute atomic E-state index is 5.73. The Labute approximate surface area is 77.0 Å². The van der Waals surface area contributed by atoms with Crippen molar-refractivity contribution in [2.75, 3.05) is 5.73 Å². The SMILES string of the molecule is CC(C)(C)c1cc(Cl)nc(N)n1. The smallest absolute Gasteiger partial charge is 0.221 e. The number of hydrogen-bond acceptors (Lipinski definition) is 3. The molecule has 0 unspecified atom stereocenters. The zero-order chi connectivity index (χ0) is 9.35. The molecule has 0 radical (unpaired) electrons. The Balaban J connectivity index is 3.18. The minimum Gasteiger partial charge on any atom is -0.368 e. The van der Waals surface area contributed by atoms with E-state index >= 15 is 0 Å². The first kappa shape index (κ1) is 9.26. The van der Waals surface area contributed by atoms with Gasteiger partial charge in [0.1, 0.15) is 5.15 Å². The summed E-state index contributed by atoms with van der Waals surface area (Å²) < 4.78 is 0. The van der Waals surface area contributed by atoms with Gasteiger partial charge in [-0.3, -0.25) is 0 Å². The molecular weight excluding hydrogens is 174 g/mol. The van der Waals surface area contributed by atoms with Crippen molar-refractivity contribution in [3.63, 3.8) is 0 Å². The molecule has 0 saturated carbocycles. The van der Waals surface area contributed by atoms with Gasteiger partial charge in [-0.15, -0.1) is 0 Å². The molecule has 1 heterocycles. The summed E-state index contributed by atoms with van der Waals surface area (Å²) in [7, 11) is 0. The Kier molecular flexibility index (Phi) is 2.24. The van der Waals surface area contributed by atoms with Crippen LogP contribution in [0.1, 0.15) is 26.5 Å². The van der Waals surface area contributed by atoms with E-state index in [1.54, 1.807) is 6.07 Å². The second-order valence-corrected chi connectivity index (χ2v) is 4.07. The van der Waals surface area contributed by atoms with Gasteiger partial charge in [0.15, 0.2) is 0 Å². The number of nitrogens with two attached hydrogens (primary N) is 1. The summed E-state index contributed by atoms with van der Waals surface area (Å²) in [6.45, 7) is 6.14. The van der Waals surface area contributed by atoms with Crippen molar-refractivity contribution in [3.8, 4) is 0 Å². The second kappa shape index (κ2) is 2.90. The van der Waals surface area contributed by atoms with E-state index in [4.69, 9.17) is 17.3 Å². The topological polar surface area (TPSA) is 51.8 Å². The lowest BCUT2D eigenvalue weighted by molar-refractivity contribution is 0.568. The van der Waals surface area contributed by atoms with Crippen LogP contribution in [0.3, 0.4) is 0 Å². The minimum atomic E-state index is -0.0410. The molecule has 12 heavy (non-hydrogen) atoms. The van der Waals surface area contributed by atoms with E-state index in [-0.39, 0.29) is 11.4 Å². The summed E-state index contributed by atoms with van der Waals surface area (Å²) in [5.74, 6) is 0.229. The van der Waals surface area contributed by atoms with E-state index in [1.165, 1.54) is 0 Å². The van der Waals surface area contributed by atoms with Crippen molar-refractivity contribution >= 4 is 17.5 Å². The molecule has 0 atom stereocenters. The molecule has 4 heteroatoms. The zero-order valence-corrected chi connectivity index (χ0v) is 8.18. The van der Waals surface area contributed by atoms with E-state index in [1.807, 2.05) is 20.8 Å². The summed E-state index contributed by atoms with van der Waals surface area (Å²) in [6.07, 6.45) is 0. The van der Waals surface area contributed by atoms with Crippen molar-refractivity contribution in [3.05, 3.63) is 16.9 Å². The monoisotopic (exact) mass is 185 g/mol. The van der Waals surface area contributed by atoms with Crippen LogP contribution in [0, 0.1) is 0 Å². The van der Waals surface area contributed by atoms with E-state index < -0.39 is 0 Å². The summed E-state index contributed by atoms with van der Waals surface area (Å²) in [6, 6.07) is 1.73. The maximum Gasteiger partial charge on any atom is 0.221 e. The molecule has 66 valence electrons. The third kappa shape index (κ3) is 2.08. The third-order valence-corrected chi connectivity index (χ3v) is 1.67. The highest BCUT2D eigenvalue weighted by molar-refractivity contribution is 6.29. The Morgan fingerprint density at radius 2 is 1.92 bits per heavy atom. The fourth-order valence-corrected chi connectivity index (χ4v) is 1.01. The van der Waals surface area contributed by atoms with Crippen molar-refractivity contribution in [2.24, 2.45) is 0 Å². The van der Waals surface area contributed by atoms with Crippen LogP contribution in [0.15, 0.2) is 6.07 Å². The molecule has 0 amide bonds. The van der Waals surface area contributed by atoms with Crippen LogP contribution in [-0.4, -0.2) is 9.97 Å². The molecular formula is C8H12ClN3. The first-order valence-corrected chi connectivity index (χ1v) is 4.08. The quantitative estimate of drug-likeness (QED) is 0.630. The van der Waals surface area contributed by atoms with Crippen LogP contribution in [0.4, 0.5) is 5.95 Å². The normalized spacial score (nSPS) is 11.7. The van der Waals surface area contributed by atoms with Gasteiger partial charge in [-0.05, 0) is 6.07 Å². The molecule has 1 aromatic heterocycles. The van der Waals surface area contributed by atoms with Crippen molar-refractivity contribution in [2.45, 2.75) is 26.2 Å². The number of nitrogens with zero attached hydrogens (tertiary/aromatic N) is 2. The summed E-state index contributed by atoms with van der Waals surface area (Å²) in [5, 5.41) is 0.396. The molecule has 2 N–H and O–H groups in total. The van der Waals surface area contributed by atoms with E-state index in [0.717, 1.165) is 5.69 Å². The highest BCUT2D eigenvalue weighted by Crippen LogP contribution is 2.22. The first-order valence-electron chi connectivity index (χ1n) is 3.70. The molecule has 0 aliphatic carbocycles. The fourth-order valence-electron chi connectivity index (χ4n) is 0.819. The number of hydrogen-bond donors (Lipinski definition) is 1. The van der Waals surface area contributed by atoms with Crippen LogP contribution in [0.5, 0.6) is 0 Å². The minimum absolute atomic E-state index is 0.0410. The summed E-state index contributed by atoms with van der Waals surface area (Å²) in [4.78, 5) is 7.87. The lowest BCUT2D eigenvalue weighted by atomic mass is 9.92. The lowest BCUT2D eigenvalue weighted by Gasteiger charge is -2.17. The van der Waals surface area contributed by atoms with E-state index in [2.05, 4.69) is 9.97 Å². The van der Waals surface area contributed by atoms with Crippen molar-refractivity contribution < 1.29 is 0 Å². The van der Waals surface area contributed by atoms with E-state index in [9.17, 15) is 0 Å². The zero-order valence-electron chi connectivity index (χ0n) is 7.43. The van der Waals surface area contributed by atoms with Gasteiger partial charge in [-0.2, -0.15) is 0 Å². The highest BCUT2D eigenvalue weighted by Gasteiger charge is 2.16. The molecule has 0 aliphatic heterocycles. The van der Waals surface area contributed by atoms with Crippen LogP contribution in [0.25, 0.3) is 0 Å². The molecule has 0 aromatic carbocycles. The fraction of sp³-hybridized carbons (Fsp3) is 0.500. The van der Waals surface area contributed by atoms with Gasteiger partial charge in [-0.1, -0.05) is 32.4 Å². The van der Waals surface area contributed by atoms with Crippen molar-refractivity contribution in [1.29, 1.82) is 0 Å². The van der Waals surface area contributed by atoms with Gasteiger partial charge in [0, 0.05) is 5.41 Å². The molecule has 0 saturated heterocycles. The lowest BCUT2D eigenvalue weighted by Crippen LogP contribution is -2.15. The summed E-state index contributed by atoms with van der Waals surface area (Å²) >= 11 is 5.73. The van der Waals surface area contributed by atoms with Gasteiger partial charge < -0.3 is 5.73 Å². The Morgan fingerprint density at radius 3 is 2.33 bits per heavy atom. The molecule has 0 aliphatic rings. The van der Waals surface area contributed by atoms with Crippen LogP contribution in [-0.2, 0) is 5.41 Å². The number of rotatable bonds is 0. The average molecular weight is 186 g/mol. The van der Waals surface area contributed by atoms with Crippen LogP contribution >= 0.6 is 11.6 Å². The number of halogens is 1. The second-order valence-electron chi connectivity index (χ2n) is 3.68. The van der Waals surface area contributed by atoms with Crippen LogP contribution in [0.2, 0.25) is 5.15 Å².